The summed E-state index contributed by atoms with van der Waals surface area (Å²) in [5, 5.41) is 13.5. The van der Waals surface area contributed by atoms with E-state index in [1.807, 2.05) is 13.0 Å². The maximum absolute atomic E-state index is 13.8. The number of pyridine rings is 1. The Morgan fingerprint density at radius 2 is 1.84 bits per heavy atom. The Morgan fingerprint density at radius 3 is 2.50 bits per heavy atom. The highest BCUT2D eigenvalue weighted by molar-refractivity contribution is 5.86. The summed E-state index contributed by atoms with van der Waals surface area (Å²) in [7, 11) is 0. The highest BCUT2D eigenvalue weighted by Gasteiger charge is 2.43. The van der Waals surface area contributed by atoms with Crippen LogP contribution in [-0.2, 0) is 17.5 Å². The number of halogens is 3. The molecule has 200 valence electrons. The summed E-state index contributed by atoms with van der Waals surface area (Å²) in [4.78, 5) is 18.1. The minimum absolute atomic E-state index is 0.00361. The first-order valence-corrected chi connectivity index (χ1v) is 13.0. The topological polar surface area (TPSA) is 88.7 Å². The number of alkyl halides is 3. The number of fused-ring (bicyclic) bond motifs is 2. The van der Waals surface area contributed by atoms with Crippen LogP contribution in [0.2, 0.25) is 0 Å². The fourth-order valence-electron chi connectivity index (χ4n) is 6.01. The minimum atomic E-state index is -4.51. The lowest BCUT2D eigenvalue weighted by Gasteiger charge is -2.39. The molecule has 2 saturated heterocycles. The van der Waals surface area contributed by atoms with Crippen LogP contribution in [0.3, 0.4) is 0 Å². The van der Waals surface area contributed by atoms with Gasteiger partial charge in [0.15, 0.2) is 5.69 Å². The standard InChI is InChI=1S/C28H28F3N3O4/c1-15-10-23(27(35)36)32-24(11-15)34-17-8-9-18(34)13-19(12-17)37-14-21-25(33-38-26(21)16-6-7-16)20-4-2-3-5-22(20)28(29,30)31/h2-5,10-11,16-19H,6-9,12-14H2,1H3,(H,35,36). The molecule has 2 unspecified atom stereocenters. The molecule has 2 bridgehead atoms. The zero-order valence-corrected chi connectivity index (χ0v) is 20.9. The van der Waals surface area contributed by atoms with E-state index in [1.165, 1.54) is 12.1 Å². The van der Waals surface area contributed by atoms with Gasteiger partial charge in [-0.05, 0) is 69.2 Å². The third-order valence-corrected chi connectivity index (χ3v) is 7.85. The molecular weight excluding hydrogens is 499 g/mol. The van der Waals surface area contributed by atoms with Gasteiger partial charge in [-0.1, -0.05) is 23.4 Å². The Balaban J connectivity index is 1.22. The van der Waals surface area contributed by atoms with Gasteiger partial charge in [-0.3, -0.25) is 0 Å². The first kappa shape index (κ1) is 24.9. The molecule has 7 nitrogen and oxygen atoms in total. The lowest BCUT2D eigenvalue weighted by molar-refractivity contribution is -0.137. The summed E-state index contributed by atoms with van der Waals surface area (Å²) in [6, 6.07) is 9.24. The molecule has 0 amide bonds. The Hall–Kier alpha value is -3.40. The quantitative estimate of drug-likeness (QED) is 0.383. The number of carbonyl (C=O) groups is 1. The number of carboxylic acids is 1. The van der Waals surface area contributed by atoms with E-state index in [9.17, 15) is 23.1 Å². The van der Waals surface area contributed by atoms with Gasteiger partial charge in [0.25, 0.3) is 0 Å². The van der Waals surface area contributed by atoms with Crippen molar-refractivity contribution in [2.45, 2.75) is 82.3 Å². The zero-order valence-electron chi connectivity index (χ0n) is 20.9. The number of aryl methyl sites for hydroxylation is 1. The summed E-state index contributed by atoms with van der Waals surface area (Å²) in [6.07, 6.45) is 0.616. The smallest absolute Gasteiger partial charge is 0.417 e. The number of anilines is 1. The van der Waals surface area contributed by atoms with Crippen molar-refractivity contribution in [1.82, 2.24) is 10.1 Å². The molecule has 3 aliphatic rings. The van der Waals surface area contributed by atoms with Crippen molar-refractivity contribution >= 4 is 11.8 Å². The van der Waals surface area contributed by atoms with Crippen molar-refractivity contribution in [2.24, 2.45) is 0 Å². The Morgan fingerprint density at radius 1 is 1.13 bits per heavy atom. The van der Waals surface area contributed by atoms with Crippen molar-refractivity contribution in [3.63, 3.8) is 0 Å². The van der Waals surface area contributed by atoms with Gasteiger partial charge in [0.1, 0.15) is 17.3 Å². The highest BCUT2D eigenvalue weighted by Crippen LogP contribution is 2.46. The van der Waals surface area contributed by atoms with Crippen LogP contribution < -0.4 is 4.90 Å². The average Bonchev–Trinajstić information content (AvgIpc) is 3.57. The molecule has 4 heterocycles. The van der Waals surface area contributed by atoms with Gasteiger partial charge in [-0.25, -0.2) is 9.78 Å². The van der Waals surface area contributed by atoms with Gasteiger partial charge < -0.3 is 19.3 Å². The maximum Gasteiger partial charge on any atom is 0.417 e. The second-order valence-electron chi connectivity index (χ2n) is 10.6. The van der Waals surface area contributed by atoms with Crippen LogP contribution in [0.5, 0.6) is 0 Å². The van der Waals surface area contributed by atoms with Crippen LogP contribution >= 0.6 is 0 Å². The number of aromatic carboxylic acids is 1. The number of nitrogens with zero attached hydrogens (tertiary/aromatic N) is 3. The van der Waals surface area contributed by atoms with Gasteiger partial charge >= 0.3 is 12.1 Å². The normalized spacial score (nSPS) is 23.2. The molecule has 0 spiro atoms. The van der Waals surface area contributed by atoms with Crippen molar-refractivity contribution in [1.29, 1.82) is 0 Å². The molecule has 3 aromatic rings. The molecular formula is C28H28F3N3O4. The Kier molecular flexibility index (Phi) is 6.17. The highest BCUT2D eigenvalue weighted by atomic mass is 19.4. The van der Waals surface area contributed by atoms with Crippen LogP contribution in [-0.4, -0.2) is 39.4 Å². The number of carboxylic acid groups (broad SMARTS) is 1. The molecule has 2 aliphatic heterocycles. The lowest BCUT2D eigenvalue weighted by Crippen LogP contribution is -2.46. The molecule has 1 N–H and O–H groups in total. The Labute approximate surface area is 217 Å². The predicted octanol–water partition coefficient (Wildman–Crippen LogP) is 6.36. The number of hydrogen-bond donors (Lipinski definition) is 1. The van der Waals surface area contributed by atoms with Gasteiger partial charge in [-0.15, -0.1) is 0 Å². The lowest BCUT2D eigenvalue weighted by atomic mass is 9.98. The average molecular weight is 528 g/mol. The van der Waals surface area contributed by atoms with E-state index in [0.29, 0.717) is 17.1 Å². The van der Waals surface area contributed by atoms with Crippen LogP contribution in [0.4, 0.5) is 19.0 Å². The minimum Gasteiger partial charge on any atom is -0.477 e. The largest absolute Gasteiger partial charge is 0.477 e. The Bertz CT molecular complexity index is 1350. The van der Waals surface area contributed by atoms with E-state index in [4.69, 9.17) is 9.26 Å². The molecule has 3 fully saturated rings. The van der Waals surface area contributed by atoms with Crippen molar-refractivity contribution in [3.05, 3.63) is 64.5 Å². The molecule has 6 rings (SSSR count). The van der Waals surface area contributed by atoms with E-state index in [0.717, 1.165) is 50.2 Å². The van der Waals surface area contributed by atoms with E-state index >= 15 is 0 Å². The number of aromatic nitrogens is 2. The molecule has 1 aromatic carbocycles. The maximum atomic E-state index is 13.8. The second-order valence-corrected chi connectivity index (χ2v) is 10.6. The van der Waals surface area contributed by atoms with Crippen molar-refractivity contribution in [2.75, 3.05) is 4.90 Å². The van der Waals surface area contributed by atoms with Gasteiger partial charge in [0, 0.05) is 29.1 Å². The van der Waals surface area contributed by atoms with Crippen LogP contribution in [0, 0.1) is 6.92 Å². The number of hydrogen-bond acceptors (Lipinski definition) is 6. The first-order chi connectivity index (χ1) is 18.2. The summed E-state index contributed by atoms with van der Waals surface area (Å²) in [5.74, 6) is 0.419. The fraction of sp³-hybridized carbons (Fsp3) is 0.464. The first-order valence-electron chi connectivity index (χ1n) is 13.0. The molecule has 10 heteroatoms. The summed E-state index contributed by atoms with van der Waals surface area (Å²) < 4.78 is 53.2. The van der Waals surface area contributed by atoms with E-state index in [1.54, 1.807) is 12.1 Å². The van der Waals surface area contributed by atoms with Gasteiger partial charge in [0.05, 0.1) is 18.3 Å². The van der Waals surface area contributed by atoms with E-state index < -0.39 is 17.7 Å². The van der Waals surface area contributed by atoms with Crippen molar-refractivity contribution in [3.8, 4) is 11.3 Å². The van der Waals surface area contributed by atoms with E-state index in [-0.39, 0.29) is 47.7 Å². The predicted molar refractivity (Wildman–Crippen MR) is 132 cm³/mol. The summed E-state index contributed by atoms with van der Waals surface area (Å²) in [6.45, 7) is 1.99. The summed E-state index contributed by atoms with van der Waals surface area (Å²) in [5.41, 5.74) is 0.941. The van der Waals surface area contributed by atoms with Gasteiger partial charge in [0.2, 0.25) is 0 Å². The SMILES string of the molecule is Cc1cc(C(=O)O)nc(N2C3CCC2CC(OCc2c(-c4ccccc4C(F)(F)F)noc2C2CC2)C3)c1. The molecule has 38 heavy (non-hydrogen) atoms. The van der Waals surface area contributed by atoms with E-state index in [2.05, 4.69) is 15.0 Å². The molecule has 2 atom stereocenters. The number of ether oxygens (including phenoxy) is 1. The molecule has 2 aromatic heterocycles. The van der Waals surface area contributed by atoms with Gasteiger partial charge in [-0.2, -0.15) is 13.2 Å². The van der Waals surface area contributed by atoms with Crippen molar-refractivity contribution < 1.29 is 32.3 Å². The number of piperidine rings is 1. The third kappa shape index (κ3) is 4.66. The van der Waals surface area contributed by atoms with Crippen LogP contribution in [0.25, 0.3) is 11.3 Å². The zero-order chi connectivity index (χ0) is 26.6. The fourth-order valence-corrected chi connectivity index (χ4v) is 6.01. The molecule has 1 saturated carbocycles. The van der Waals surface area contributed by atoms with Crippen LogP contribution in [0.1, 0.15) is 77.4 Å². The number of benzene rings is 1. The summed E-state index contributed by atoms with van der Waals surface area (Å²) >= 11 is 0. The second kappa shape index (κ2) is 9.41. The number of rotatable bonds is 7. The third-order valence-electron chi connectivity index (χ3n) is 7.85. The molecule has 0 radical (unpaired) electrons. The monoisotopic (exact) mass is 527 g/mol. The molecule has 1 aliphatic carbocycles. The van der Waals surface area contributed by atoms with Crippen LogP contribution in [0.15, 0.2) is 40.9 Å².